The van der Waals surface area contributed by atoms with Gasteiger partial charge in [0, 0.05) is 6.04 Å². The lowest BCUT2D eigenvalue weighted by Gasteiger charge is -2.27. The van der Waals surface area contributed by atoms with Crippen molar-refractivity contribution in [1.82, 2.24) is 0 Å². The van der Waals surface area contributed by atoms with Crippen LogP contribution in [-0.4, -0.2) is 18.1 Å². The fourth-order valence-electron chi connectivity index (χ4n) is 3.66. The van der Waals surface area contributed by atoms with Gasteiger partial charge in [-0.25, -0.2) is 0 Å². The van der Waals surface area contributed by atoms with Gasteiger partial charge in [0.2, 0.25) is 0 Å². The van der Waals surface area contributed by atoms with Crippen molar-refractivity contribution in [2.45, 2.75) is 25.8 Å². The number of methoxy groups -OCH3 is 1. The summed E-state index contributed by atoms with van der Waals surface area (Å²) in [6.07, 6.45) is 7.03. The van der Waals surface area contributed by atoms with Gasteiger partial charge in [-0.05, 0) is 49.7 Å². The Hall–Kier alpha value is -2.04. The quantitative estimate of drug-likeness (QED) is 0.510. The summed E-state index contributed by atoms with van der Waals surface area (Å²) in [7, 11) is 1.51. The summed E-state index contributed by atoms with van der Waals surface area (Å²) in [4.78, 5) is 10.9. The zero-order valence-electron chi connectivity index (χ0n) is 12.3. The first-order valence-electron chi connectivity index (χ1n) is 7.35. The van der Waals surface area contributed by atoms with Crippen molar-refractivity contribution >= 4 is 11.4 Å². The van der Waals surface area contributed by atoms with Gasteiger partial charge in [-0.3, -0.25) is 10.1 Å². The van der Waals surface area contributed by atoms with Crippen molar-refractivity contribution in [3.8, 4) is 5.75 Å². The van der Waals surface area contributed by atoms with Gasteiger partial charge in [-0.15, -0.1) is 0 Å². The van der Waals surface area contributed by atoms with E-state index in [0.717, 1.165) is 0 Å². The number of nitro groups is 1. The van der Waals surface area contributed by atoms with Crippen LogP contribution in [0.3, 0.4) is 0 Å². The van der Waals surface area contributed by atoms with Gasteiger partial charge < -0.3 is 10.1 Å². The Morgan fingerprint density at radius 3 is 2.76 bits per heavy atom. The van der Waals surface area contributed by atoms with E-state index in [0.29, 0.717) is 29.2 Å². The molecule has 3 rings (SSSR count). The molecule has 1 aromatic carbocycles. The fourth-order valence-corrected chi connectivity index (χ4v) is 3.66. The Kier molecular flexibility index (Phi) is 3.57. The first-order valence-corrected chi connectivity index (χ1v) is 7.35. The predicted octanol–water partition coefficient (Wildman–Crippen LogP) is 3.62. The molecule has 1 N–H and O–H groups in total. The maximum Gasteiger partial charge on any atom is 0.296 e. The van der Waals surface area contributed by atoms with Crippen LogP contribution in [0.5, 0.6) is 5.75 Å². The molecule has 5 heteroatoms. The molecule has 1 aromatic rings. The number of benzene rings is 1. The third-order valence-corrected chi connectivity index (χ3v) is 4.76. The first-order chi connectivity index (χ1) is 10.1. The molecule has 0 amide bonds. The molecule has 2 aliphatic carbocycles. The fraction of sp³-hybridized carbons (Fsp3) is 0.500. The molecule has 2 aliphatic rings. The van der Waals surface area contributed by atoms with Crippen molar-refractivity contribution < 1.29 is 9.66 Å². The molecule has 21 heavy (non-hydrogen) atoms. The van der Waals surface area contributed by atoms with E-state index in [1.54, 1.807) is 12.1 Å². The van der Waals surface area contributed by atoms with Crippen LogP contribution in [-0.2, 0) is 0 Å². The number of ether oxygens (including phenoxy) is 1. The molecule has 0 spiro atoms. The molecule has 0 saturated heterocycles. The summed E-state index contributed by atoms with van der Waals surface area (Å²) in [6.45, 7) is 2.12. The molecule has 2 bridgehead atoms. The number of rotatable bonds is 5. The van der Waals surface area contributed by atoms with Crippen LogP contribution >= 0.6 is 0 Å². The van der Waals surface area contributed by atoms with Crippen LogP contribution in [0.2, 0.25) is 0 Å². The highest BCUT2D eigenvalue weighted by Gasteiger charge is 2.38. The molecular weight excluding hydrogens is 268 g/mol. The maximum absolute atomic E-state index is 11.2. The minimum absolute atomic E-state index is 0.0694. The highest BCUT2D eigenvalue weighted by Crippen LogP contribution is 2.45. The van der Waals surface area contributed by atoms with Gasteiger partial charge in [-0.1, -0.05) is 12.2 Å². The molecule has 4 unspecified atom stereocenters. The van der Waals surface area contributed by atoms with E-state index < -0.39 is 0 Å². The van der Waals surface area contributed by atoms with Gasteiger partial charge >= 0.3 is 0 Å². The van der Waals surface area contributed by atoms with Gasteiger partial charge in [0.25, 0.3) is 5.69 Å². The van der Waals surface area contributed by atoms with E-state index in [9.17, 15) is 10.1 Å². The van der Waals surface area contributed by atoms with E-state index in [1.165, 1.54) is 26.0 Å². The van der Waals surface area contributed by atoms with Crippen LogP contribution in [0, 0.1) is 27.9 Å². The lowest BCUT2D eigenvalue weighted by Crippen LogP contribution is -2.29. The number of allylic oxidation sites excluding steroid dienone is 2. The number of nitrogens with one attached hydrogen (secondary N) is 1. The van der Waals surface area contributed by atoms with Crippen LogP contribution in [0.4, 0.5) is 11.4 Å². The summed E-state index contributed by atoms with van der Waals surface area (Å²) >= 11 is 0. The first kappa shape index (κ1) is 13.9. The summed E-state index contributed by atoms with van der Waals surface area (Å²) in [6, 6.07) is 5.17. The number of hydrogen-bond acceptors (Lipinski definition) is 4. The molecule has 1 saturated carbocycles. The lowest BCUT2D eigenvalue weighted by atomic mass is 9.87. The second-order valence-corrected chi connectivity index (χ2v) is 6.02. The number of nitro benzene ring substituents is 1. The number of anilines is 1. The van der Waals surface area contributed by atoms with Gasteiger partial charge in [0.1, 0.15) is 11.4 Å². The number of fused-ring (bicyclic) bond motifs is 2. The van der Waals surface area contributed by atoms with Gasteiger partial charge in [0.15, 0.2) is 0 Å². The van der Waals surface area contributed by atoms with Gasteiger partial charge in [-0.2, -0.15) is 0 Å². The van der Waals surface area contributed by atoms with Crippen LogP contribution in [0.15, 0.2) is 30.4 Å². The van der Waals surface area contributed by atoms with Crippen molar-refractivity contribution in [2.75, 3.05) is 12.4 Å². The maximum atomic E-state index is 11.2. The topological polar surface area (TPSA) is 64.4 Å². The molecule has 4 atom stereocenters. The molecular formula is C16H20N2O3. The average molecular weight is 288 g/mol. The SMILES string of the molecule is COc1ccc(NC(C)C2CC3C=CC2C3)c([N+](=O)[O-])c1. The van der Waals surface area contributed by atoms with E-state index >= 15 is 0 Å². The smallest absolute Gasteiger partial charge is 0.296 e. The molecule has 1 fully saturated rings. The van der Waals surface area contributed by atoms with E-state index in [2.05, 4.69) is 24.4 Å². The Balaban J connectivity index is 1.78. The number of hydrogen-bond donors (Lipinski definition) is 1. The monoisotopic (exact) mass is 288 g/mol. The Bertz CT molecular complexity index is 585. The molecule has 112 valence electrons. The lowest BCUT2D eigenvalue weighted by molar-refractivity contribution is -0.384. The van der Waals surface area contributed by atoms with Crippen LogP contribution < -0.4 is 10.1 Å². The molecule has 5 nitrogen and oxygen atoms in total. The van der Waals surface area contributed by atoms with Crippen LogP contribution in [0.25, 0.3) is 0 Å². The van der Waals surface area contributed by atoms with Crippen molar-refractivity contribution in [3.63, 3.8) is 0 Å². The summed E-state index contributed by atoms with van der Waals surface area (Å²) in [5, 5.41) is 14.6. The Morgan fingerprint density at radius 1 is 1.38 bits per heavy atom. The molecule has 0 radical (unpaired) electrons. The summed E-state index contributed by atoms with van der Waals surface area (Å²) in [5.41, 5.74) is 0.639. The summed E-state index contributed by atoms with van der Waals surface area (Å²) < 4.78 is 5.06. The zero-order valence-corrected chi connectivity index (χ0v) is 12.3. The van der Waals surface area contributed by atoms with Gasteiger partial charge in [0.05, 0.1) is 18.1 Å². The van der Waals surface area contributed by atoms with Crippen molar-refractivity contribution in [3.05, 3.63) is 40.5 Å². The standard InChI is InChI=1S/C16H20N2O3/c1-10(14-8-11-3-4-12(14)7-11)17-15-6-5-13(21-2)9-16(15)18(19)20/h3-6,9-12,14,17H,7-8H2,1-2H3. The van der Waals surface area contributed by atoms with Crippen molar-refractivity contribution in [2.24, 2.45) is 17.8 Å². The Labute approximate surface area is 124 Å². The highest BCUT2D eigenvalue weighted by molar-refractivity contribution is 5.64. The normalized spacial score (nSPS) is 27.6. The zero-order chi connectivity index (χ0) is 15.0. The average Bonchev–Trinajstić information content (AvgIpc) is 3.10. The Morgan fingerprint density at radius 2 is 2.19 bits per heavy atom. The third-order valence-electron chi connectivity index (χ3n) is 4.76. The third kappa shape index (κ3) is 2.60. The second-order valence-electron chi connectivity index (χ2n) is 6.02. The minimum atomic E-state index is -0.363. The molecule has 0 aliphatic heterocycles. The van der Waals surface area contributed by atoms with Crippen LogP contribution in [0.1, 0.15) is 19.8 Å². The minimum Gasteiger partial charge on any atom is -0.496 e. The second kappa shape index (κ2) is 5.39. The largest absolute Gasteiger partial charge is 0.496 e. The van der Waals surface area contributed by atoms with E-state index in [1.807, 2.05) is 0 Å². The summed E-state index contributed by atoms with van der Waals surface area (Å²) in [5.74, 6) is 2.38. The van der Waals surface area contributed by atoms with E-state index in [-0.39, 0.29) is 16.7 Å². The highest BCUT2D eigenvalue weighted by atomic mass is 16.6. The molecule has 0 heterocycles. The predicted molar refractivity (Wildman–Crippen MR) is 81.6 cm³/mol. The number of nitrogens with zero attached hydrogens (tertiary/aromatic N) is 1. The van der Waals surface area contributed by atoms with E-state index in [4.69, 9.17) is 4.74 Å². The molecule has 0 aromatic heterocycles. The van der Waals surface area contributed by atoms with Crippen molar-refractivity contribution in [1.29, 1.82) is 0 Å².